The molecule has 0 spiro atoms. The summed E-state index contributed by atoms with van der Waals surface area (Å²) < 4.78 is 31.4. The number of fused-ring (bicyclic) bond motifs is 1. The van der Waals surface area contributed by atoms with Gasteiger partial charge in [0.15, 0.2) is 11.6 Å². The topological polar surface area (TPSA) is 68.0 Å². The number of amides is 1. The Labute approximate surface area is 155 Å². The molecule has 0 saturated carbocycles. The molecule has 1 aromatic carbocycles. The fraction of sp³-hybridized carbons (Fsp3) is 0.350. The van der Waals surface area contributed by atoms with Gasteiger partial charge in [-0.3, -0.25) is 4.79 Å². The Morgan fingerprint density at radius 3 is 2.67 bits per heavy atom. The third-order valence-corrected chi connectivity index (χ3v) is 4.39. The number of nitrogens with zero attached hydrogens (tertiary/aromatic N) is 2. The molecule has 0 saturated heterocycles. The average molecular weight is 373 g/mol. The Bertz CT molecular complexity index is 969. The molecular weight excluding hydrogens is 352 g/mol. The number of hydrogen-bond acceptors (Lipinski definition) is 4. The van der Waals surface area contributed by atoms with E-state index in [1.54, 1.807) is 12.1 Å². The predicted molar refractivity (Wildman–Crippen MR) is 97.5 cm³/mol. The van der Waals surface area contributed by atoms with Crippen LogP contribution < -0.4 is 5.32 Å². The average Bonchev–Trinajstić information content (AvgIpc) is 3.06. The molecule has 3 rings (SSSR count). The van der Waals surface area contributed by atoms with Crippen molar-refractivity contribution >= 4 is 17.0 Å². The van der Waals surface area contributed by atoms with Gasteiger partial charge in [0.05, 0.1) is 16.6 Å². The molecule has 0 aliphatic heterocycles. The molecule has 0 fully saturated rings. The van der Waals surface area contributed by atoms with E-state index >= 15 is 0 Å². The van der Waals surface area contributed by atoms with Gasteiger partial charge in [-0.05, 0) is 49.4 Å². The molecule has 0 aliphatic rings. The monoisotopic (exact) mass is 373 g/mol. The van der Waals surface area contributed by atoms with Crippen molar-refractivity contribution in [2.75, 3.05) is 0 Å². The number of rotatable bonds is 6. The molecule has 2 heterocycles. The maximum atomic E-state index is 13.3. The van der Waals surface area contributed by atoms with Crippen molar-refractivity contribution in [3.63, 3.8) is 0 Å². The van der Waals surface area contributed by atoms with Crippen LogP contribution in [0.2, 0.25) is 0 Å². The summed E-state index contributed by atoms with van der Waals surface area (Å²) in [6.45, 7) is 5.84. The van der Waals surface area contributed by atoms with Crippen LogP contribution in [-0.4, -0.2) is 22.1 Å². The van der Waals surface area contributed by atoms with Crippen LogP contribution in [0.3, 0.4) is 0 Å². The SMILES string of the molecule is CC(CCc1ccc(F)c(F)c1)NC(=O)c1cnc2onc(C(C)C)c2c1. The fourth-order valence-electron chi connectivity index (χ4n) is 2.85. The Morgan fingerprint density at radius 2 is 1.96 bits per heavy atom. The van der Waals surface area contributed by atoms with Crippen molar-refractivity contribution in [1.29, 1.82) is 0 Å². The van der Waals surface area contributed by atoms with Crippen LogP contribution >= 0.6 is 0 Å². The van der Waals surface area contributed by atoms with E-state index in [2.05, 4.69) is 15.5 Å². The third kappa shape index (κ3) is 4.30. The van der Waals surface area contributed by atoms with E-state index < -0.39 is 11.6 Å². The van der Waals surface area contributed by atoms with Crippen LogP contribution in [0, 0.1) is 11.6 Å². The number of pyridine rings is 1. The summed E-state index contributed by atoms with van der Waals surface area (Å²) in [5.41, 5.74) is 2.27. The van der Waals surface area contributed by atoms with Crippen molar-refractivity contribution in [2.24, 2.45) is 0 Å². The normalized spacial score (nSPS) is 12.5. The molecule has 2 aromatic heterocycles. The summed E-state index contributed by atoms with van der Waals surface area (Å²) >= 11 is 0. The van der Waals surface area contributed by atoms with Gasteiger partial charge in [-0.1, -0.05) is 25.1 Å². The van der Waals surface area contributed by atoms with E-state index in [0.717, 1.165) is 17.1 Å². The van der Waals surface area contributed by atoms with Crippen LogP contribution in [0.1, 0.15) is 54.7 Å². The predicted octanol–water partition coefficient (Wildman–Crippen LogP) is 4.38. The van der Waals surface area contributed by atoms with Gasteiger partial charge >= 0.3 is 0 Å². The number of halogens is 2. The van der Waals surface area contributed by atoms with Crippen LogP contribution in [-0.2, 0) is 6.42 Å². The summed E-state index contributed by atoms with van der Waals surface area (Å²) in [5, 5.41) is 7.63. The van der Waals surface area contributed by atoms with Gasteiger partial charge in [0.2, 0.25) is 0 Å². The number of nitrogens with one attached hydrogen (secondary N) is 1. The summed E-state index contributed by atoms with van der Waals surface area (Å²) in [4.78, 5) is 16.7. The minimum atomic E-state index is -0.863. The molecular formula is C20H21F2N3O2. The van der Waals surface area contributed by atoms with E-state index in [9.17, 15) is 13.6 Å². The lowest BCUT2D eigenvalue weighted by molar-refractivity contribution is 0.0938. The zero-order valence-corrected chi connectivity index (χ0v) is 15.4. The Hall–Kier alpha value is -2.83. The molecule has 0 radical (unpaired) electrons. The number of aromatic nitrogens is 2. The zero-order chi connectivity index (χ0) is 19.6. The quantitative estimate of drug-likeness (QED) is 0.696. The molecule has 7 heteroatoms. The highest BCUT2D eigenvalue weighted by Gasteiger charge is 2.17. The van der Waals surface area contributed by atoms with Crippen LogP contribution in [0.4, 0.5) is 8.78 Å². The highest BCUT2D eigenvalue weighted by atomic mass is 19.2. The number of carbonyl (C=O) groups is 1. The van der Waals surface area contributed by atoms with Crippen molar-refractivity contribution in [2.45, 2.75) is 45.6 Å². The molecule has 1 amide bonds. The lowest BCUT2D eigenvalue weighted by atomic mass is 10.0. The molecule has 3 aromatic rings. The molecule has 142 valence electrons. The van der Waals surface area contributed by atoms with Gasteiger partial charge in [-0.25, -0.2) is 13.8 Å². The van der Waals surface area contributed by atoms with Crippen molar-refractivity contribution < 1.29 is 18.1 Å². The lowest BCUT2D eigenvalue weighted by Gasteiger charge is -2.14. The summed E-state index contributed by atoms with van der Waals surface area (Å²) in [6, 6.07) is 5.42. The van der Waals surface area contributed by atoms with Gasteiger partial charge < -0.3 is 9.84 Å². The maximum Gasteiger partial charge on any atom is 0.257 e. The number of hydrogen-bond donors (Lipinski definition) is 1. The molecule has 1 unspecified atom stereocenters. The fourth-order valence-corrected chi connectivity index (χ4v) is 2.85. The molecule has 1 atom stereocenters. The molecule has 5 nitrogen and oxygen atoms in total. The number of carbonyl (C=O) groups excluding carboxylic acids is 1. The molecule has 0 aliphatic carbocycles. The van der Waals surface area contributed by atoms with Crippen LogP contribution in [0.25, 0.3) is 11.1 Å². The van der Waals surface area contributed by atoms with E-state index in [1.807, 2.05) is 20.8 Å². The summed E-state index contributed by atoms with van der Waals surface area (Å²) in [5.74, 6) is -1.82. The maximum absolute atomic E-state index is 13.3. The minimum Gasteiger partial charge on any atom is -0.350 e. The van der Waals surface area contributed by atoms with Gasteiger partial charge in [-0.15, -0.1) is 0 Å². The van der Waals surface area contributed by atoms with E-state index in [1.165, 1.54) is 12.3 Å². The van der Waals surface area contributed by atoms with Gasteiger partial charge in [0, 0.05) is 12.2 Å². The number of benzene rings is 1. The Balaban J connectivity index is 1.64. The third-order valence-electron chi connectivity index (χ3n) is 4.39. The van der Waals surface area contributed by atoms with Crippen LogP contribution in [0.5, 0.6) is 0 Å². The Morgan fingerprint density at radius 1 is 1.19 bits per heavy atom. The van der Waals surface area contributed by atoms with Crippen molar-refractivity contribution in [3.05, 3.63) is 58.9 Å². The highest BCUT2D eigenvalue weighted by molar-refractivity contribution is 5.97. The smallest absolute Gasteiger partial charge is 0.257 e. The van der Waals surface area contributed by atoms with E-state index in [0.29, 0.717) is 29.7 Å². The first kappa shape index (κ1) is 18.9. The summed E-state index contributed by atoms with van der Waals surface area (Å²) in [7, 11) is 0. The van der Waals surface area contributed by atoms with Gasteiger partial charge in [0.1, 0.15) is 0 Å². The van der Waals surface area contributed by atoms with Gasteiger partial charge in [-0.2, -0.15) is 0 Å². The molecule has 1 N–H and O–H groups in total. The first-order chi connectivity index (χ1) is 12.8. The first-order valence-electron chi connectivity index (χ1n) is 8.85. The largest absolute Gasteiger partial charge is 0.350 e. The summed E-state index contributed by atoms with van der Waals surface area (Å²) in [6.07, 6.45) is 2.57. The van der Waals surface area contributed by atoms with E-state index in [-0.39, 0.29) is 17.9 Å². The second kappa shape index (κ2) is 7.82. The lowest BCUT2D eigenvalue weighted by Crippen LogP contribution is -2.33. The van der Waals surface area contributed by atoms with Crippen molar-refractivity contribution in [3.8, 4) is 0 Å². The minimum absolute atomic E-state index is 0.145. The highest BCUT2D eigenvalue weighted by Crippen LogP contribution is 2.24. The van der Waals surface area contributed by atoms with E-state index in [4.69, 9.17) is 4.52 Å². The Kier molecular flexibility index (Phi) is 5.48. The molecule has 27 heavy (non-hydrogen) atoms. The second-order valence-corrected chi connectivity index (χ2v) is 6.96. The van der Waals surface area contributed by atoms with Gasteiger partial charge in [0.25, 0.3) is 11.6 Å². The molecule has 0 bridgehead atoms. The second-order valence-electron chi connectivity index (χ2n) is 6.96. The number of aryl methyl sites for hydroxylation is 1. The van der Waals surface area contributed by atoms with Crippen molar-refractivity contribution in [1.82, 2.24) is 15.5 Å². The first-order valence-corrected chi connectivity index (χ1v) is 8.85. The zero-order valence-electron chi connectivity index (χ0n) is 15.4. The standard InChI is InChI=1S/C20H21F2N3O2/c1-11(2)18-15-9-14(10-23-20(15)27-25-18)19(26)24-12(3)4-5-13-6-7-16(21)17(22)8-13/h6-12H,4-5H2,1-3H3,(H,24,26). The van der Waals surface area contributed by atoms with Crippen LogP contribution in [0.15, 0.2) is 35.0 Å².